The molecule has 2 aliphatic rings. The van der Waals surface area contributed by atoms with Gasteiger partial charge in [0.05, 0.1) is 5.92 Å². The van der Waals surface area contributed by atoms with Crippen LogP contribution in [0.3, 0.4) is 0 Å². The second kappa shape index (κ2) is 20.1. The summed E-state index contributed by atoms with van der Waals surface area (Å²) in [5.41, 5.74) is 4.82. The molecule has 4 aromatic carbocycles. The highest BCUT2D eigenvalue weighted by atomic mass is 32.1. The first-order chi connectivity index (χ1) is 28.1. The standard InChI is InChI=1S/C46H46N4O7S/c51-37-22-24-42(52)48-41(29-38-12-7-25-58-38)45(55)50-40(27-32-13-18-34(19-14-32)33-10-5-2-6-11-33)44(54)49-39(23-17-30-8-3-1-4-9-30)43(53)47-36-20-15-31(16-21-36)26-35(28-37)46(56)57/h1-16,18-21,25,35,39-41H,17,22-24,26-29H2,(H,47,53)(H,48,52)(H,49,54)(H,50,55)(H,56,57)/t35-,39-,40+,41-/m1/s1. The van der Waals surface area contributed by atoms with E-state index in [1.807, 2.05) is 102 Å². The van der Waals surface area contributed by atoms with Gasteiger partial charge in [0.1, 0.15) is 23.9 Å². The smallest absolute Gasteiger partial charge is 0.307 e. The second-order valence-electron chi connectivity index (χ2n) is 14.5. The Morgan fingerprint density at radius 2 is 1.24 bits per heavy atom. The van der Waals surface area contributed by atoms with Gasteiger partial charge >= 0.3 is 5.97 Å². The number of carboxylic acids is 1. The summed E-state index contributed by atoms with van der Waals surface area (Å²) in [5.74, 6) is -4.79. The maximum atomic E-state index is 14.4. The van der Waals surface area contributed by atoms with Gasteiger partial charge in [0.2, 0.25) is 23.6 Å². The highest BCUT2D eigenvalue weighted by molar-refractivity contribution is 7.09. The Hall–Kier alpha value is -6.40. The lowest BCUT2D eigenvalue weighted by Gasteiger charge is -2.26. The number of Topliss-reactive ketones (excluding diaryl/α,β-unsaturated/α-hetero) is 1. The summed E-state index contributed by atoms with van der Waals surface area (Å²) in [6.45, 7) is 0. The zero-order chi connectivity index (χ0) is 40.9. The van der Waals surface area contributed by atoms with Gasteiger partial charge in [-0.3, -0.25) is 28.8 Å². The fourth-order valence-electron chi connectivity index (χ4n) is 6.90. The van der Waals surface area contributed by atoms with Gasteiger partial charge < -0.3 is 26.4 Å². The molecule has 5 N–H and O–H groups in total. The molecule has 0 radical (unpaired) electrons. The predicted molar refractivity (Wildman–Crippen MR) is 223 cm³/mol. The highest BCUT2D eigenvalue weighted by Crippen LogP contribution is 2.22. The Labute approximate surface area is 341 Å². The normalized spacial score (nSPS) is 19.9. The van der Waals surface area contributed by atoms with E-state index in [9.17, 15) is 33.9 Å². The molecule has 0 spiro atoms. The maximum absolute atomic E-state index is 14.4. The highest BCUT2D eigenvalue weighted by Gasteiger charge is 2.31. The van der Waals surface area contributed by atoms with Crippen molar-refractivity contribution in [2.45, 2.75) is 69.5 Å². The number of thiophene rings is 1. The monoisotopic (exact) mass is 798 g/mol. The van der Waals surface area contributed by atoms with E-state index < -0.39 is 59.4 Å². The molecule has 1 aromatic heterocycles. The minimum Gasteiger partial charge on any atom is -0.481 e. The van der Waals surface area contributed by atoms with Gasteiger partial charge in [-0.25, -0.2) is 0 Å². The lowest BCUT2D eigenvalue weighted by atomic mass is 9.93. The topological polar surface area (TPSA) is 171 Å². The first-order valence-electron chi connectivity index (χ1n) is 19.3. The van der Waals surface area contributed by atoms with E-state index in [4.69, 9.17) is 0 Å². The van der Waals surface area contributed by atoms with Crippen molar-refractivity contribution in [3.05, 3.63) is 148 Å². The van der Waals surface area contributed by atoms with Crippen LogP contribution >= 0.6 is 11.3 Å². The Balaban J connectivity index is 1.32. The van der Waals surface area contributed by atoms with E-state index in [1.165, 1.54) is 11.3 Å². The number of ketones is 1. The number of benzene rings is 4. The van der Waals surface area contributed by atoms with Crippen LogP contribution in [0.25, 0.3) is 11.1 Å². The van der Waals surface area contributed by atoms with Crippen molar-refractivity contribution in [2.24, 2.45) is 5.92 Å². The molecular formula is C46H46N4O7S. The molecule has 58 heavy (non-hydrogen) atoms. The Morgan fingerprint density at radius 1 is 0.603 bits per heavy atom. The molecule has 0 saturated heterocycles. The average molecular weight is 799 g/mol. The van der Waals surface area contributed by atoms with Gasteiger partial charge in [-0.05, 0) is 70.7 Å². The zero-order valence-electron chi connectivity index (χ0n) is 31.9. The van der Waals surface area contributed by atoms with E-state index in [-0.39, 0.29) is 44.9 Å². The molecule has 0 fully saturated rings. The summed E-state index contributed by atoms with van der Waals surface area (Å²) in [7, 11) is 0. The van der Waals surface area contributed by atoms with Crippen LogP contribution < -0.4 is 21.3 Å². The van der Waals surface area contributed by atoms with Crippen LogP contribution in [0.15, 0.2) is 127 Å². The molecule has 0 aliphatic carbocycles. The number of aryl methyl sites for hydroxylation is 1. The summed E-state index contributed by atoms with van der Waals surface area (Å²) in [6.07, 6.45) is 0.272. The largest absolute Gasteiger partial charge is 0.481 e. The number of rotatable bonds is 9. The van der Waals surface area contributed by atoms with E-state index in [0.29, 0.717) is 17.7 Å². The fourth-order valence-corrected chi connectivity index (χ4v) is 7.65. The third-order valence-corrected chi connectivity index (χ3v) is 11.0. The van der Waals surface area contributed by atoms with Crippen LogP contribution in [0.4, 0.5) is 5.69 Å². The van der Waals surface area contributed by atoms with Crippen LogP contribution in [-0.4, -0.2) is 58.6 Å². The van der Waals surface area contributed by atoms with Gasteiger partial charge in [-0.2, -0.15) is 0 Å². The number of nitrogens with one attached hydrogen (secondary N) is 4. The number of hydrogen-bond donors (Lipinski definition) is 5. The Kier molecular flexibility index (Phi) is 14.3. The number of carbonyl (C=O) groups is 6. The molecule has 12 heteroatoms. The van der Waals surface area contributed by atoms with Crippen LogP contribution in [0.5, 0.6) is 0 Å². The molecule has 0 saturated carbocycles. The molecular weight excluding hydrogens is 753 g/mol. The number of amides is 4. The van der Waals surface area contributed by atoms with Crippen LogP contribution in [0.2, 0.25) is 0 Å². The Morgan fingerprint density at radius 3 is 1.90 bits per heavy atom. The number of aliphatic carboxylic acids is 1. The first kappa shape index (κ1) is 41.2. The number of anilines is 1. The molecule has 4 amide bonds. The minimum absolute atomic E-state index is 0.0662. The maximum Gasteiger partial charge on any atom is 0.307 e. The van der Waals surface area contributed by atoms with Gasteiger partial charge in [0.25, 0.3) is 0 Å². The zero-order valence-corrected chi connectivity index (χ0v) is 32.7. The van der Waals surface area contributed by atoms with Crippen molar-refractivity contribution in [3.8, 4) is 11.1 Å². The molecule has 5 aromatic rings. The lowest BCUT2D eigenvalue weighted by molar-refractivity contribution is -0.143. The van der Waals surface area contributed by atoms with E-state index in [2.05, 4.69) is 21.3 Å². The van der Waals surface area contributed by atoms with Crippen molar-refractivity contribution in [3.63, 3.8) is 0 Å². The average Bonchev–Trinajstić information content (AvgIpc) is 3.75. The van der Waals surface area contributed by atoms with Crippen molar-refractivity contribution in [1.82, 2.24) is 16.0 Å². The summed E-state index contributed by atoms with van der Waals surface area (Å²) in [4.78, 5) is 81.8. The third kappa shape index (κ3) is 12.1. The SMILES string of the molecule is O=C1CCC(=O)N[C@H](Cc2cccs2)C(=O)N[C@@H](Cc2ccc(-c3ccccc3)cc2)C(=O)N[C@H](CCc2ccccc2)C(=O)Nc2ccc(cc2)C[C@@H](C(=O)O)C1. The van der Waals surface area contributed by atoms with Crippen molar-refractivity contribution >= 4 is 52.4 Å². The molecule has 7 rings (SSSR count). The Bertz CT molecular complexity index is 2180. The van der Waals surface area contributed by atoms with E-state index >= 15 is 0 Å². The van der Waals surface area contributed by atoms with Gasteiger partial charge in [0.15, 0.2) is 0 Å². The molecule has 4 atom stereocenters. The first-order valence-corrected chi connectivity index (χ1v) is 20.2. The molecule has 3 heterocycles. The predicted octanol–water partition coefficient (Wildman–Crippen LogP) is 5.92. The van der Waals surface area contributed by atoms with Crippen LogP contribution in [0, 0.1) is 5.92 Å². The van der Waals surface area contributed by atoms with Crippen LogP contribution in [0.1, 0.15) is 47.3 Å². The summed E-state index contributed by atoms with van der Waals surface area (Å²) >= 11 is 1.41. The quantitative estimate of drug-likeness (QED) is 0.115. The van der Waals surface area contributed by atoms with Crippen molar-refractivity contribution < 1.29 is 33.9 Å². The summed E-state index contributed by atoms with van der Waals surface area (Å²) < 4.78 is 0. The third-order valence-electron chi connectivity index (χ3n) is 10.1. The fraction of sp³-hybridized carbons (Fsp3) is 0.261. The van der Waals surface area contributed by atoms with Gasteiger partial charge in [0, 0.05) is 42.7 Å². The summed E-state index contributed by atoms with van der Waals surface area (Å²) in [6, 6.07) is 34.2. The number of carbonyl (C=O) groups excluding carboxylic acids is 5. The second-order valence-corrected chi connectivity index (χ2v) is 15.5. The van der Waals surface area contributed by atoms with Gasteiger partial charge in [-0.1, -0.05) is 103 Å². The van der Waals surface area contributed by atoms with E-state index in [0.717, 1.165) is 27.1 Å². The number of fused-ring (bicyclic) bond motifs is 18. The number of hydrogen-bond acceptors (Lipinski definition) is 7. The molecule has 2 aliphatic heterocycles. The molecule has 0 unspecified atom stereocenters. The van der Waals surface area contributed by atoms with Crippen molar-refractivity contribution in [2.75, 3.05) is 5.32 Å². The summed E-state index contributed by atoms with van der Waals surface area (Å²) in [5, 5.41) is 23.2. The van der Waals surface area contributed by atoms with Crippen molar-refractivity contribution in [1.29, 1.82) is 0 Å². The molecule has 298 valence electrons. The molecule has 2 bridgehead atoms. The minimum atomic E-state index is -1.15. The number of carboxylic acid groups (broad SMARTS) is 1. The van der Waals surface area contributed by atoms with Gasteiger partial charge in [-0.15, -0.1) is 11.3 Å². The molecule has 11 nitrogen and oxygen atoms in total. The lowest BCUT2D eigenvalue weighted by Crippen LogP contribution is -2.57. The van der Waals surface area contributed by atoms with Crippen LogP contribution in [-0.2, 0) is 54.5 Å². The van der Waals surface area contributed by atoms with E-state index in [1.54, 1.807) is 24.3 Å².